The number of nitriles is 1. The number of benzene rings is 2. The van der Waals surface area contributed by atoms with Crippen molar-refractivity contribution in [3.8, 4) is 17.4 Å². The smallest absolute Gasteiger partial charge is 0.335 e. The van der Waals surface area contributed by atoms with Gasteiger partial charge in [0.2, 0.25) is 0 Å². The largest absolute Gasteiger partial charge is 0.478 e. The van der Waals surface area contributed by atoms with Crippen molar-refractivity contribution < 1.29 is 14.3 Å². The summed E-state index contributed by atoms with van der Waals surface area (Å²) in [6, 6.07) is 16.8. The van der Waals surface area contributed by atoms with E-state index in [1.54, 1.807) is 42.5 Å². The van der Waals surface area contributed by atoms with Gasteiger partial charge in [0.1, 0.15) is 11.5 Å². The van der Waals surface area contributed by atoms with Crippen molar-refractivity contribution >= 4 is 40.8 Å². The van der Waals surface area contributed by atoms with Crippen LogP contribution in [0.25, 0.3) is 23.0 Å². The molecule has 0 fully saturated rings. The summed E-state index contributed by atoms with van der Waals surface area (Å²) in [7, 11) is 0. The lowest BCUT2D eigenvalue weighted by molar-refractivity contribution is 0.0697. The molecule has 1 aromatic heterocycles. The van der Waals surface area contributed by atoms with Crippen molar-refractivity contribution in [2.75, 3.05) is 0 Å². The Morgan fingerprint density at radius 2 is 1.73 bits per heavy atom. The molecule has 0 saturated heterocycles. The maximum Gasteiger partial charge on any atom is 0.335 e. The molecule has 3 aromatic rings. The van der Waals surface area contributed by atoms with E-state index in [1.807, 2.05) is 0 Å². The minimum atomic E-state index is -1.05. The van der Waals surface area contributed by atoms with E-state index in [4.69, 9.17) is 32.7 Å². The summed E-state index contributed by atoms with van der Waals surface area (Å²) in [5, 5.41) is 19.5. The highest BCUT2D eigenvalue weighted by molar-refractivity contribution is 6.33. The molecule has 0 spiro atoms. The molecule has 0 radical (unpaired) electrons. The third kappa shape index (κ3) is 3.80. The maximum atomic E-state index is 11.1. The summed E-state index contributed by atoms with van der Waals surface area (Å²) in [6.45, 7) is 0. The Balaban J connectivity index is 1.97. The van der Waals surface area contributed by atoms with Crippen LogP contribution in [-0.4, -0.2) is 11.1 Å². The highest BCUT2D eigenvalue weighted by Gasteiger charge is 2.12. The van der Waals surface area contributed by atoms with Crippen molar-refractivity contribution in [2.24, 2.45) is 0 Å². The number of carboxylic acid groups (broad SMARTS) is 1. The van der Waals surface area contributed by atoms with Crippen LogP contribution in [0.15, 0.2) is 59.0 Å². The number of aromatic carboxylic acids is 1. The second-order valence-electron chi connectivity index (χ2n) is 5.38. The predicted octanol–water partition coefficient (Wildman–Crippen LogP) is 6.02. The number of carboxylic acids is 1. The fourth-order valence-corrected chi connectivity index (χ4v) is 2.71. The number of nitrogens with zero attached hydrogens (tertiary/aromatic N) is 1. The lowest BCUT2D eigenvalue weighted by Crippen LogP contribution is -1.96. The summed E-state index contributed by atoms with van der Waals surface area (Å²) in [4.78, 5) is 11.1. The molecule has 0 aliphatic rings. The standard InChI is InChI=1S/C20H11Cl2NO3/c21-15-4-1-12(2-5-15)14(11-23)9-16-6-8-19(26-16)17-10-13(20(24)25)3-7-18(17)22/h1-10H,(H,24,25)/b14-9+. The van der Waals surface area contributed by atoms with E-state index in [9.17, 15) is 10.1 Å². The Bertz CT molecular complexity index is 1040. The molecule has 4 nitrogen and oxygen atoms in total. The maximum absolute atomic E-state index is 11.1. The zero-order chi connectivity index (χ0) is 18.7. The zero-order valence-electron chi connectivity index (χ0n) is 13.2. The van der Waals surface area contributed by atoms with E-state index in [-0.39, 0.29) is 5.56 Å². The first-order valence-electron chi connectivity index (χ1n) is 7.48. The molecule has 6 heteroatoms. The average Bonchev–Trinajstić information content (AvgIpc) is 3.09. The Labute approximate surface area is 159 Å². The number of carbonyl (C=O) groups is 1. The minimum Gasteiger partial charge on any atom is -0.478 e. The molecule has 0 aliphatic carbocycles. The van der Waals surface area contributed by atoms with Crippen LogP contribution in [0, 0.1) is 11.3 Å². The fourth-order valence-electron chi connectivity index (χ4n) is 2.37. The van der Waals surface area contributed by atoms with E-state index in [2.05, 4.69) is 6.07 Å². The first kappa shape index (κ1) is 17.8. The van der Waals surface area contributed by atoms with E-state index in [0.29, 0.717) is 38.3 Å². The van der Waals surface area contributed by atoms with E-state index in [0.717, 1.165) is 0 Å². The van der Waals surface area contributed by atoms with Crippen LogP contribution in [0.4, 0.5) is 0 Å². The monoisotopic (exact) mass is 383 g/mol. The third-order valence-electron chi connectivity index (χ3n) is 3.67. The van der Waals surface area contributed by atoms with Crippen LogP contribution in [0.2, 0.25) is 10.0 Å². The molecule has 0 amide bonds. The van der Waals surface area contributed by atoms with Gasteiger partial charge in [0.15, 0.2) is 0 Å². The van der Waals surface area contributed by atoms with Crippen LogP contribution < -0.4 is 0 Å². The second-order valence-corrected chi connectivity index (χ2v) is 6.22. The summed E-state index contributed by atoms with van der Waals surface area (Å²) in [5.74, 6) is -0.190. The van der Waals surface area contributed by atoms with Gasteiger partial charge in [-0.25, -0.2) is 4.79 Å². The van der Waals surface area contributed by atoms with Crippen molar-refractivity contribution in [1.82, 2.24) is 0 Å². The number of furan rings is 1. The Morgan fingerprint density at radius 3 is 2.38 bits per heavy atom. The predicted molar refractivity (Wildman–Crippen MR) is 101 cm³/mol. The van der Waals surface area contributed by atoms with E-state index in [1.165, 1.54) is 18.2 Å². The van der Waals surface area contributed by atoms with Gasteiger partial charge < -0.3 is 9.52 Å². The Hall–Kier alpha value is -3.00. The molecule has 1 heterocycles. The molecule has 2 aromatic carbocycles. The molecular weight excluding hydrogens is 373 g/mol. The summed E-state index contributed by atoms with van der Waals surface area (Å²) < 4.78 is 5.73. The number of rotatable bonds is 4. The van der Waals surface area contributed by atoms with Gasteiger partial charge in [-0.2, -0.15) is 5.26 Å². The van der Waals surface area contributed by atoms with Crippen molar-refractivity contribution in [3.05, 3.63) is 81.5 Å². The quantitative estimate of drug-likeness (QED) is 0.559. The van der Waals surface area contributed by atoms with Gasteiger partial charge in [-0.05, 0) is 54.1 Å². The topological polar surface area (TPSA) is 74.2 Å². The molecule has 26 heavy (non-hydrogen) atoms. The SMILES string of the molecule is N#C/C(=C\c1ccc(-c2cc(C(=O)O)ccc2Cl)o1)c1ccc(Cl)cc1. The molecule has 1 N–H and O–H groups in total. The first-order valence-corrected chi connectivity index (χ1v) is 8.24. The summed E-state index contributed by atoms with van der Waals surface area (Å²) in [5.41, 5.74) is 1.70. The van der Waals surface area contributed by atoms with Gasteiger partial charge in [0, 0.05) is 10.6 Å². The molecule has 3 rings (SSSR count). The van der Waals surface area contributed by atoms with Crippen LogP contribution >= 0.6 is 23.2 Å². The minimum absolute atomic E-state index is 0.108. The van der Waals surface area contributed by atoms with Gasteiger partial charge in [0.25, 0.3) is 0 Å². The van der Waals surface area contributed by atoms with Crippen molar-refractivity contribution in [2.45, 2.75) is 0 Å². The highest BCUT2D eigenvalue weighted by Crippen LogP contribution is 2.31. The number of halogens is 2. The summed E-state index contributed by atoms with van der Waals surface area (Å²) in [6.07, 6.45) is 1.60. The van der Waals surface area contributed by atoms with Gasteiger partial charge in [-0.3, -0.25) is 0 Å². The Morgan fingerprint density at radius 1 is 1.04 bits per heavy atom. The molecule has 0 aliphatic heterocycles. The van der Waals surface area contributed by atoms with Crippen LogP contribution in [0.5, 0.6) is 0 Å². The van der Waals surface area contributed by atoms with Crippen molar-refractivity contribution in [1.29, 1.82) is 5.26 Å². The summed E-state index contributed by atoms with van der Waals surface area (Å²) >= 11 is 12.0. The zero-order valence-corrected chi connectivity index (χ0v) is 14.8. The van der Waals surface area contributed by atoms with Crippen LogP contribution in [-0.2, 0) is 0 Å². The van der Waals surface area contributed by atoms with E-state index >= 15 is 0 Å². The van der Waals surface area contributed by atoms with Gasteiger partial charge in [0.05, 0.1) is 22.2 Å². The molecule has 0 unspecified atom stereocenters. The lowest BCUT2D eigenvalue weighted by atomic mass is 10.1. The van der Waals surface area contributed by atoms with Crippen LogP contribution in [0.1, 0.15) is 21.7 Å². The highest BCUT2D eigenvalue weighted by atomic mass is 35.5. The van der Waals surface area contributed by atoms with Crippen molar-refractivity contribution in [3.63, 3.8) is 0 Å². The van der Waals surface area contributed by atoms with Gasteiger partial charge in [-0.1, -0.05) is 35.3 Å². The number of hydrogen-bond acceptors (Lipinski definition) is 3. The Kier molecular flexibility index (Phi) is 5.13. The normalized spacial score (nSPS) is 11.2. The molecular formula is C20H11Cl2NO3. The van der Waals surface area contributed by atoms with Gasteiger partial charge >= 0.3 is 5.97 Å². The molecule has 0 saturated carbocycles. The molecule has 0 atom stereocenters. The molecule has 0 bridgehead atoms. The lowest BCUT2D eigenvalue weighted by Gasteiger charge is -2.03. The first-order chi connectivity index (χ1) is 12.5. The average molecular weight is 384 g/mol. The van der Waals surface area contributed by atoms with Gasteiger partial charge in [-0.15, -0.1) is 0 Å². The molecule has 128 valence electrons. The third-order valence-corrected chi connectivity index (χ3v) is 4.25. The number of allylic oxidation sites excluding steroid dienone is 1. The van der Waals surface area contributed by atoms with Crippen LogP contribution in [0.3, 0.4) is 0 Å². The fraction of sp³-hybridized carbons (Fsp3) is 0. The second kappa shape index (κ2) is 7.49. The van der Waals surface area contributed by atoms with E-state index < -0.39 is 5.97 Å². The number of hydrogen-bond donors (Lipinski definition) is 1.